The van der Waals surface area contributed by atoms with Crippen LogP contribution in [0.25, 0.3) is 6.08 Å². The van der Waals surface area contributed by atoms with Crippen molar-refractivity contribution in [2.45, 2.75) is 0 Å². The molecule has 0 saturated heterocycles. The van der Waals surface area contributed by atoms with Crippen molar-refractivity contribution in [1.82, 2.24) is 0 Å². The van der Waals surface area contributed by atoms with E-state index < -0.39 is 5.97 Å². The number of carbonyl (C=O) groups excluding carboxylic acids is 1. The molecule has 4 nitrogen and oxygen atoms in total. The maximum atomic E-state index is 11.8. The Bertz CT molecular complexity index is 634. The number of hydrogen-bond donors (Lipinski definition) is 1. The Labute approximate surface area is 123 Å². The van der Waals surface area contributed by atoms with Gasteiger partial charge in [0, 0.05) is 5.56 Å². The van der Waals surface area contributed by atoms with Crippen LogP contribution in [-0.4, -0.2) is 23.5 Å². The van der Waals surface area contributed by atoms with Gasteiger partial charge in [-0.15, -0.1) is 0 Å². The highest BCUT2D eigenvalue weighted by atomic mass is 16.5. The van der Waals surface area contributed by atoms with Crippen molar-refractivity contribution in [2.24, 2.45) is 5.16 Å². The average molecular weight is 281 g/mol. The molecule has 0 atom stereocenters. The Kier molecular flexibility index (Phi) is 5.29. The van der Waals surface area contributed by atoms with Gasteiger partial charge in [0.1, 0.15) is 6.61 Å². The first-order valence-corrected chi connectivity index (χ1v) is 6.47. The Hall–Kier alpha value is -2.88. The maximum Gasteiger partial charge on any atom is 0.361 e. The van der Waals surface area contributed by atoms with Crippen LogP contribution in [0.15, 0.2) is 71.9 Å². The highest BCUT2D eigenvalue weighted by molar-refractivity contribution is 6.43. The van der Waals surface area contributed by atoms with E-state index in [2.05, 4.69) is 5.16 Å². The third-order valence-corrected chi connectivity index (χ3v) is 2.76. The number of carbonyl (C=O) groups is 1. The predicted octanol–water partition coefficient (Wildman–Crippen LogP) is 3.12. The molecule has 0 radical (unpaired) electrons. The number of hydrogen-bond acceptors (Lipinski definition) is 4. The summed E-state index contributed by atoms with van der Waals surface area (Å²) in [6, 6.07) is 18.4. The van der Waals surface area contributed by atoms with Crippen LogP contribution in [0.5, 0.6) is 0 Å². The fraction of sp³-hybridized carbons (Fsp3) is 0.0588. The monoisotopic (exact) mass is 281 g/mol. The van der Waals surface area contributed by atoms with Gasteiger partial charge in [0.05, 0.1) is 0 Å². The van der Waals surface area contributed by atoms with E-state index >= 15 is 0 Å². The normalized spacial score (nSPS) is 11.5. The van der Waals surface area contributed by atoms with Crippen LogP contribution in [0.3, 0.4) is 0 Å². The molecular formula is C17H15NO3. The van der Waals surface area contributed by atoms with E-state index in [0.717, 1.165) is 5.56 Å². The predicted molar refractivity (Wildman–Crippen MR) is 81.2 cm³/mol. The standard InChI is InChI=1S/C17H15NO3/c19-17(16(18-20)15-11-5-2-6-12-15)21-13-7-10-14-8-3-1-4-9-14/h1-12,20H,13H2/b10-7+,18-16+. The van der Waals surface area contributed by atoms with Crippen molar-refractivity contribution in [3.05, 3.63) is 77.9 Å². The van der Waals surface area contributed by atoms with Crippen molar-refractivity contribution in [3.63, 3.8) is 0 Å². The maximum absolute atomic E-state index is 11.8. The fourth-order valence-corrected chi connectivity index (χ4v) is 1.75. The molecule has 0 aliphatic rings. The minimum absolute atomic E-state index is 0.108. The summed E-state index contributed by atoms with van der Waals surface area (Å²) in [4.78, 5) is 11.8. The van der Waals surface area contributed by atoms with Gasteiger partial charge in [0.15, 0.2) is 5.71 Å². The van der Waals surface area contributed by atoms with Crippen LogP contribution in [0, 0.1) is 0 Å². The van der Waals surface area contributed by atoms with Crippen molar-refractivity contribution < 1.29 is 14.7 Å². The van der Waals surface area contributed by atoms with Crippen LogP contribution in [0.1, 0.15) is 11.1 Å². The lowest BCUT2D eigenvalue weighted by molar-refractivity contribution is -0.134. The molecule has 0 amide bonds. The van der Waals surface area contributed by atoms with Gasteiger partial charge in [-0.25, -0.2) is 4.79 Å². The van der Waals surface area contributed by atoms with Crippen molar-refractivity contribution in [1.29, 1.82) is 0 Å². The summed E-state index contributed by atoms with van der Waals surface area (Å²) in [5.41, 5.74) is 1.42. The molecule has 0 fully saturated rings. The molecule has 4 heteroatoms. The summed E-state index contributed by atoms with van der Waals surface area (Å²) in [5, 5.41) is 12.0. The topological polar surface area (TPSA) is 58.9 Å². The summed E-state index contributed by atoms with van der Waals surface area (Å²) in [6.45, 7) is 0.111. The van der Waals surface area contributed by atoms with Gasteiger partial charge in [-0.2, -0.15) is 0 Å². The van der Waals surface area contributed by atoms with Crippen LogP contribution in [-0.2, 0) is 9.53 Å². The third-order valence-electron chi connectivity index (χ3n) is 2.76. The number of nitrogens with zero attached hydrogens (tertiary/aromatic N) is 1. The van der Waals surface area contributed by atoms with Gasteiger partial charge in [-0.05, 0) is 11.6 Å². The van der Waals surface area contributed by atoms with E-state index in [4.69, 9.17) is 9.94 Å². The van der Waals surface area contributed by atoms with Gasteiger partial charge in [-0.3, -0.25) is 0 Å². The fourth-order valence-electron chi connectivity index (χ4n) is 1.75. The molecule has 0 bridgehead atoms. The molecule has 106 valence electrons. The molecule has 0 aliphatic carbocycles. The van der Waals surface area contributed by atoms with E-state index in [-0.39, 0.29) is 12.3 Å². The minimum Gasteiger partial charge on any atom is -0.457 e. The van der Waals surface area contributed by atoms with E-state index in [1.54, 1.807) is 30.3 Å². The summed E-state index contributed by atoms with van der Waals surface area (Å²) in [6.07, 6.45) is 3.58. The smallest absolute Gasteiger partial charge is 0.361 e. The van der Waals surface area contributed by atoms with E-state index in [0.29, 0.717) is 5.56 Å². The SMILES string of the molecule is O=C(OC/C=C/c1ccccc1)/C(=N/O)c1ccccc1. The average Bonchev–Trinajstić information content (AvgIpc) is 2.54. The minimum atomic E-state index is -0.665. The second-order valence-electron chi connectivity index (χ2n) is 4.23. The first-order valence-electron chi connectivity index (χ1n) is 6.47. The second-order valence-corrected chi connectivity index (χ2v) is 4.23. The molecular weight excluding hydrogens is 266 g/mol. The molecule has 0 saturated carbocycles. The Morgan fingerprint density at radius 2 is 1.67 bits per heavy atom. The Morgan fingerprint density at radius 1 is 1.05 bits per heavy atom. The Morgan fingerprint density at radius 3 is 2.29 bits per heavy atom. The number of rotatable bonds is 5. The number of ether oxygens (including phenoxy) is 1. The molecule has 2 aromatic rings. The highest BCUT2D eigenvalue weighted by Crippen LogP contribution is 2.04. The summed E-state index contributed by atoms with van der Waals surface area (Å²) in [7, 11) is 0. The second kappa shape index (κ2) is 7.65. The first-order chi connectivity index (χ1) is 10.3. The number of oxime groups is 1. The molecule has 0 aliphatic heterocycles. The highest BCUT2D eigenvalue weighted by Gasteiger charge is 2.15. The zero-order chi connectivity index (χ0) is 14.9. The lowest BCUT2D eigenvalue weighted by Crippen LogP contribution is -2.18. The first kappa shape index (κ1) is 14.5. The molecule has 1 N–H and O–H groups in total. The molecule has 0 aromatic heterocycles. The summed E-state index contributed by atoms with van der Waals surface area (Å²) >= 11 is 0. The molecule has 0 unspecified atom stereocenters. The van der Waals surface area contributed by atoms with Crippen molar-refractivity contribution in [2.75, 3.05) is 6.61 Å². The molecule has 2 aromatic carbocycles. The molecule has 0 spiro atoms. The lowest BCUT2D eigenvalue weighted by Gasteiger charge is -2.04. The van der Waals surface area contributed by atoms with E-state index in [9.17, 15) is 4.79 Å². The largest absolute Gasteiger partial charge is 0.457 e. The number of esters is 1. The zero-order valence-corrected chi connectivity index (χ0v) is 11.3. The van der Waals surface area contributed by atoms with Crippen LogP contribution >= 0.6 is 0 Å². The van der Waals surface area contributed by atoms with Crippen LogP contribution in [0.4, 0.5) is 0 Å². The van der Waals surface area contributed by atoms with Gasteiger partial charge >= 0.3 is 5.97 Å². The van der Waals surface area contributed by atoms with Crippen molar-refractivity contribution >= 4 is 17.8 Å². The van der Waals surface area contributed by atoms with Crippen LogP contribution in [0.2, 0.25) is 0 Å². The molecule has 2 rings (SSSR count). The van der Waals surface area contributed by atoms with Crippen molar-refractivity contribution in [3.8, 4) is 0 Å². The van der Waals surface area contributed by atoms with Crippen LogP contribution < -0.4 is 0 Å². The summed E-state index contributed by atoms with van der Waals surface area (Å²) < 4.78 is 5.05. The Balaban J connectivity index is 1.91. The third kappa shape index (κ3) is 4.31. The van der Waals surface area contributed by atoms with E-state index in [1.807, 2.05) is 42.5 Å². The zero-order valence-electron chi connectivity index (χ0n) is 11.3. The summed E-state index contributed by atoms with van der Waals surface area (Å²) in [5.74, 6) is -0.665. The van der Waals surface area contributed by atoms with Gasteiger partial charge in [0.2, 0.25) is 0 Å². The van der Waals surface area contributed by atoms with E-state index in [1.165, 1.54) is 0 Å². The lowest BCUT2D eigenvalue weighted by atomic mass is 10.1. The van der Waals surface area contributed by atoms with Gasteiger partial charge < -0.3 is 9.94 Å². The molecule has 0 heterocycles. The quantitative estimate of drug-likeness (QED) is 0.396. The van der Waals surface area contributed by atoms with Gasteiger partial charge in [0.25, 0.3) is 0 Å². The van der Waals surface area contributed by atoms with Gasteiger partial charge in [-0.1, -0.05) is 71.9 Å². The number of benzene rings is 2. The molecule has 21 heavy (non-hydrogen) atoms.